The van der Waals surface area contributed by atoms with Gasteiger partial charge in [-0.05, 0) is 36.6 Å². The van der Waals surface area contributed by atoms with Crippen molar-refractivity contribution in [2.45, 2.75) is 26.0 Å². The van der Waals surface area contributed by atoms with E-state index in [-0.39, 0.29) is 12.0 Å². The predicted octanol–water partition coefficient (Wildman–Crippen LogP) is 1.74. The highest BCUT2D eigenvalue weighted by Gasteiger charge is 2.30. The fraction of sp³-hybridized carbons (Fsp3) is 0.500. The lowest BCUT2D eigenvalue weighted by Gasteiger charge is -2.14. The van der Waals surface area contributed by atoms with Gasteiger partial charge in [0.05, 0.1) is 7.11 Å². The van der Waals surface area contributed by atoms with Crippen molar-refractivity contribution in [1.82, 2.24) is 5.32 Å². The van der Waals surface area contributed by atoms with Crippen LogP contribution in [0.3, 0.4) is 0 Å². The second kappa shape index (κ2) is 5.87. The molecule has 1 aliphatic rings. The van der Waals surface area contributed by atoms with E-state index in [1.807, 2.05) is 24.3 Å². The smallest absolute Gasteiger partial charge is 0.323 e. The molecule has 2 rings (SSSR count). The Balaban J connectivity index is 1.85. The SMILES string of the molecule is COc1ccc(COC(=O)C2NCCC2C)cc1. The van der Waals surface area contributed by atoms with Crippen LogP contribution in [0.4, 0.5) is 0 Å². The van der Waals surface area contributed by atoms with Gasteiger partial charge in [0.25, 0.3) is 0 Å². The molecule has 0 aliphatic carbocycles. The van der Waals surface area contributed by atoms with Gasteiger partial charge in [-0.15, -0.1) is 0 Å². The van der Waals surface area contributed by atoms with Crippen molar-refractivity contribution in [3.8, 4) is 5.75 Å². The molecule has 0 amide bonds. The van der Waals surface area contributed by atoms with E-state index in [4.69, 9.17) is 9.47 Å². The van der Waals surface area contributed by atoms with Gasteiger partial charge in [0, 0.05) is 0 Å². The van der Waals surface area contributed by atoms with E-state index in [0.717, 1.165) is 24.3 Å². The Morgan fingerprint density at radius 1 is 1.39 bits per heavy atom. The first-order valence-corrected chi connectivity index (χ1v) is 6.23. The molecule has 1 aromatic rings. The summed E-state index contributed by atoms with van der Waals surface area (Å²) in [6.45, 7) is 3.27. The summed E-state index contributed by atoms with van der Waals surface area (Å²) in [6, 6.07) is 7.37. The number of benzene rings is 1. The molecule has 1 aliphatic heterocycles. The second-order valence-electron chi connectivity index (χ2n) is 4.65. The molecule has 1 fully saturated rings. The number of carbonyl (C=O) groups is 1. The molecular weight excluding hydrogens is 230 g/mol. The maximum Gasteiger partial charge on any atom is 0.323 e. The van der Waals surface area contributed by atoms with Crippen LogP contribution in [0.15, 0.2) is 24.3 Å². The first kappa shape index (κ1) is 12.9. The van der Waals surface area contributed by atoms with Crippen molar-refractivity contribution >= 4 is 5.97 Å². The van der Waals surface area contributed by atoms with Crippen LogP contribution in [0.5, 0.6) is 5.75 Å². The predicted molar refractivity (Wildman–Crippen MR) is 68.4 cm³/mol. The Morgan fingerprint density at radius 3 is 2.67 bits per heavy atom. The minimum atomic E-state index is -0.157. The van der Waals surface area contributed by atoms with E-state index >= 15 is 0 Å². The fourth-order valence-corrected chi connectivity index (χ4v) is 2.12. The largest absolute Gasteiger partial charge is 0.497 e. The van der Waals surface area contributed by atoms with Gasteiger partial charge < -0.3 is 14.8 Å². The highest BCUT2D eigenvalue weighted by atomic mass is 16.5. The van der Waals surface area contributed by atoms with Gasteiger partial charge in [0.15, 0.2) is 0 Å². The van der Waals surface area contributed by atoms with Crippen molar-refractivity contribution in [3.63, 3.8) is 0 Å². The third-order valence-electron chi connectivity index (χ3n) is 3.33. The lowest BCUT2D eigenvalue weighted by Crippen LogP contribution is -2.36. The molecule has 4 heteroatoms. The van der Waals surface area contributed by atoms with E-state index in [1.54, 1.807) is 7.11 Å². The van der Waals surface area contributed by atoms with Gasteiger partial charge in [0.1, 0.15) is 18.4 Å². The van der Waals surface area contributed by atoms with Crippen LogP contribution >= 0.6 is 0 Å². The zero-order chi connectivity index (χ0) is 13.0. The van der Waals surface area contributed by atoms with E-state index in [1.165, 1.54) is 0 Å². The third-order valence-corrected chi connectivity index (χ3v) is 3.33. The molecule has 0 aromatic heterocycles. The molecule has 1 saturated heterocycles. The molecule has 4 nitrogen and oxygen atoms in total. The van der Waals surface area contributed by atoms with Crippen molar-refractivity contribution in [2.24, 2.45) is 5.92 Å². The van der Waals surface area contributed by atoms with Crippen molar-refractivity contribution in [1.29, 1.82) is 0 Å². The normalized spacial score (nSPS) is 22.8. The Hall–Kier alpha value is -1.55. The van der Waals surface area contributed by atoms with Crippen molar-refractivity contribution in [2.75, 3.05) is 13.7 Å². The topological polar surface area (TPSA) is 47.6 Å². The fourth-order valence-electron chi connectivity index (χ4n) is 2.12. The van der Waals surface area contributed by atoms with Crippen LogP contribution in [0.1, 0.15) is 18.9 Å². The lowest BCUT2D eigenvalue weighted by atomic mass is 10.0. The second-order valence-corrected chi connectivity index (χ2v) is 4.65. The summed E-state index contributed by atoms with van der Waals surface area (Å²) in [6.07, 6.45) is 1.03. The van der Waals surface area contributed by atoms with Gasteiger partial charge >= 0.3 is 5.97 Å². The van der Waals surface area contributed by atoms with Crippen LogP contribution in [-0.2, 0) is 16.1 Å². The number of methoxy groups -OCH3 is 1. The van der Waals surface area contributed by atoms with Crippen LogP contribution < -0.4 is 10.1 Å². The van der Waals surface area contributed by atoms with Crippen molar-refractivity contribution in [3.05, 3.63) is 29.8 Å². The van der Waals surface area contributed by atoms with Crippen LogP contribution in [0.25, 0.3) is 0 Å². The summed E-state index contributed by atoms with van der Waals surface area (Å²) in [5.74, 6) is 1.00. The number of rotatable bonds is 4. The lowest BCUT2D eigenvalue weighted by molar-refractivity contribution is -0.148. The summed E-state index contributed by atoms with van der Waals surface area (Å²) in [4.78, 5) is 11.8. The molecule has 0 saturated carbocycles. The van der Waals surface area contributed by atoms with Crippen molar-refractivity contribution < 1.29 is 14.3 Å². The average molecular weight is 249 g/mol. The standard InChI is InChI=1S/C14H19NO3/c1-10-7-8-15-13(10)14(16)18-9-11-3-5-12(17-2)6-4-11/h3-6,10,13,15H,7-9H2,1-2H3. The molecular formula is C14H19NO3. The van der Waals surface area contributed by atoms with E-state index in [0.29, 0.717) is 12.5 Å². The van der Waals surface area contributed by atoms with Crippen LogP contribution in [0, 0.1) is 5.92 Å². The Morgan fingerprint density at radius 2 is 2.11 bits per heavy atom. The summed E-state index contributed by atoms with van der Waals surface area (Å²) in [5.41, 5.74) is 0.967. The summed E-state index contributed by atoms with van der Waals surface area (Å²) in [5, 5.41) is 3.17. The maximum absolute atomic E-state index is 11.8. The van der Waals surface area contributed by atoms with Gasteiger partial charge in [-0.3, -0.25) is 4.79 Å². The molecule has 0 radical (unpaired) electrons. The minimum absolute atomic E-state index is 0.150. The van der Waals surface area contributed by atoms with E-state index in [2.05, 4.69) is 12.2 Å². The highest BCUT2D eigenvalue weighted by molar-refractivity contribution is 5.76. The summed E-state index contributed by atoms with van der Waals surface area (Å²) < 4.78 is 10.4. The molecule has 0 spiro atoms. The zero-order valence-corrected chi connectivity index (χ0v) is 10.8. The molecule has 1 aromatic carbocycles. The highest BCUT2D eigenvalue weighted by Crippen LogP contribution is 2.17. The maximum atomic E-state index is 11.8. The number of hydrogen-bond donors (Lipinski definition) is 1. The molecule has 0 bridgehead atoms. The Bertz CT molecular complexity index is 402. The number of carbonyl (C=O) groups excluding carboxylic acids is 1. The molecule has 1 N–H and O–H groups in total. The first-order chi connectivity index (χ1) is 8.70. The average Bonchev–Trinajstić information content (AvgIpc) is 2.83. The quantitative estimate of drug-likeness (QED) is 0.826. The summed E-state index contributed by atoms with van der Waals surface area (Å²) in [7, 11) is 1.63. The van der Waals surface area contributed by atoms with Crippen LogP contribution in [-0.4, -0.2) is 25.7 Å². The van der Waals surface area contributed by atoms with Crippen LogP contribution in [0.2, 0.25) is 0 Å². The van der Waals surface area contributed by atoms with E-state index < -0.39 is 0 Å². The summed E-state index contributed by atoms with van der Waals surface area (Å²) >= 11 is 0. The molecule has 98 valence electrons. The van der Waals surface area contributed by atoms with Gasteiger partial charge in [-0.2, -0.15) is 0 Å². The molecule has 2 atom stereocenters. The number of ether oxygens (including phenoxy) is 2. The number of esters is 1. The zero-order valence-electron chi connectivity index (χ0n) is 10.8. The first-order valence-electron chi connectivity index (χ1n) is 6.23. The molecule has 2 unspecified atom stereocenters. The number of nitrogens with one attached hydrogen (secondary N) is 1. The molecule has 18 heavy (non-hydrogen) atoms. The van der Waals surface area contributed by atoms with Gasteiger partial charge in [-0.25, -0.2) is 0 Å². The van der Waals surface area contributed by atoms with Gasteiger partial charge in [-0.1, -0.05) is 19.1 Å². The van der Waals surface area contributed by atoms with Gasteiger partial charge in [0.2, 0.25) is 0 Å². The minimum Gasteiger partial charge on any atom is -0.497 e. The Kier molecular flexibility index (Phi) is 4.20. The number of hydrogen-bond acceptors (Lipinski definition) is 4. The van der Waals surface area contributed by atoms with E-state index in [9.17, 15) is 4.79 Å². The monoisotopic (exact) mass is 249 g/mol. The third kappa shape index (κ3) is 3.01. The molecule has 1 heterocycles. The Labute approximate surface area is 107 Å².